The third-order valence-electron chi connectivity index (χ3n) is 5.28. The molecule has 2 aliphatic heterocycles. The Labute approximate surface area is 199 Å². The molecule has 1 aromatic heterocycles. The van der Waals surface area contributed by atoms with Crippen LogP contribution in [0.1, 0.15) is 47.8 Å². The van der Waals surface area contributed by atoms with Crippen molar-refractivity contribution in [3.63, 3.8) is 0 Å². The van der Waals surface area contributed by atoms with Gasteiger partial charge in [0.2, 0.25) is 0 Å². The molecular weight excluding hydrogens is 440 g/mol. The topological polar surface area (TPSA) is 124 Å². The Morgan fingerprint density at radius 2 is 1.91 bits per heavy atom. The number of hydrogen-bond acceptors (Lipinski definition) is 9. The number of aryl methyl sites for hydroxylation is 1. The molecule has 2 aromatic rings. The van der Waals surface area contributed by atoms with Gasteiger partial charge in [-0.25, -0.2) is 9.97 Å². The van der Waals surface area contributed by atoms with E-state index in [0.717, 1.165) is 11.3 Å². The number of amides is 1. The third kappa shape index (κ3) is 6.49. The van der Waals surface area contributed by atoms with E-state index < -0.39 is 0 Å². The van der Waals surface area contributed by atoms with Gasteiger partial charge in [-0.1, -0.05) is 31.1 Å². The number of nitrogens with one attached hydrogen (secondary N) is 1. The molecule has 2 N–H and O–H groups in total. The Morgan fingerprint density at radius 3 is 2.56 bits per heavy atom. The van der Waals surface area contributed by atoms with Crippen LogP contribution in [0.4, 0.5) is 0 Å². The molecule has 0 aliphatic carbocycles. The molecule has 1 fully saturated rings. The number of ether oxygens (including phenoxy) is 3. The van der Waals surface area contributed by atoms with E-state index in [4.69, 9.17) is 24.2 Å². The Kier molecular flexibility index (Phi) is 9.32. The number of methoxy groups -OCH3 is 1. The average molecular weight is 473 g/mol. The number of aliphatic hydroxyl groups excluding tert-OH is 1. The zero-order chi connectivity index (χ0) is 24.5. The van der Waals surface area contributed by atoms with Gasteiger partial charge >= 0.3 is 0 Å². The molecule has 3 heterocycles. The number of aliphatic hydroxyl groups is 1. The van der Waals surface area contributed by atoms with Crippen molar-refractivity contribution in [2.45, 2.75) is 52.0 Å². The second kappa shape index (κ2) is 12.4. The first-order valence-corrected chi connectivity index (χ1v) is 11.4. The summed E-state index contributed by atoms with van der Waals surface area (Å²) in [6.45, 7) is 6.64. The van der Waals surface area contributed by atoms with Gasteiger partial charge in [0.15, 0.2) is 6.10 Å². The number of rotatable bonds is 7. The number of hydrogen-bond donors (Lipinski definition) is 2. The Hall–Kier alpha value is -3.08. The molecule has 1 aromatic carbocycles. The minimum atomic E-state index is -0.313. The van der Waals surface area contributed by atoms with Gasteiger partial charge in [0, 0.05) is 13.0 Å². The van der Waals surface area contributed by atoms with E-state index in [9.17, 15) is 4.79 Å². The lowest BCUT2D eigenvalue weighted by molar-refractivity contribution is -0.178. The van der Waals surface area contributed by atoms with Crippen molar-refractivity contribution in [2.24, 2.45) is 5.16 Å². The first kappa shape index (κ1) is 25.5. The van der Waals surface area contributed by atoms with E-state index in [0.29, 0.717) is 43.4 Å². The highest BCUT2D eigenvalue weighted by Crippen LogP contribution is 2.23. The third-order valence-corrected chi connectivity index (χ3v) is 5.28. The Bertz CT molecular complexity index is 974. The van der Waals surface area contributed by atoms with E-state index in [1.54, 1.807) is 20.1 Å². The Balaban J connectivity index is 0.00000158. The largest absolute Gasteiger partial charge is 0.497 e. The van der Waals surface area contributed by atoms with Crippen molar-refractivity contribution in [3.05, 3.63) is 53.1 Å². The number of benzene rings is 1. The fourth-order valence-electron chi connectivity index (χ4n) is 3.47. The molecule has 10 nitrogen and oxygen atoms in total. The smallest absolute Gasteiger partial charge is 0.270 e. The zero-order valence-corrected chi connectivity index (χ0v) is 20.0. The molecular formula is C24H32N4O6. The van der Waals surface area contributed by atoms with Crippen molar-refractivity contribution in [2.75, 3.05) is 26.9 Å². The number of carbonyl (C=O) groups is 1. The van der Waals surface area contributed by atoms with Crippen molar-refractivity contribution < 1.29 is 28.9 Å². The monoisotopic (exact) mass is 472 g/mol. The quantitative estimate of drug-likeness (QED) is 0.627. The van der Waals surface area contributed by atoms with Gasteiger partial charge in [-0.2, -0.15) is 0 Å². The molecule has 3 atom stereocenters. The van der Waals surface area contributed by atoms with E-state index >= 15 is 0 Å². The van der Waals surface area contributed by atoms with Gasteiger partial charge < -0.3 is 29.5 Å². The van der Waals surface area contributed by atoms with Crippen LogP contribution in [0.3, 0.4) is 0 Å². The number of oxime groups is 1. The molecule has 2 aliphatic rings. The molecule has 0 bridgehead atoms. The van der Waals surface area contributed by atoms with Crippen LogP contribution in [-0.2, 0) is 20.9 Å². The van der Waals surface area contributed by atoms with Crippen molar-refractivity contribution >= 4 is 11.6 Å². The normalized spacial score (nSPS) is 21.6. The molecule has 10 heteroatoms. The summed E-state index contributed by atoms with van der Waals surface area (Å²) in [6, 6.07) is 9.07. The van der Waals surface area contributed by atoms with E-state index in [1.807, 2.05) is 38.1 Å². The molecule has 184 valence electrons. The van der Waals surface area contributed by atoms with Gasteiger partial charge in [0.1, 0.15) is 35.2 Å². The first-order valence-electron chi connectivity index (χ1n) is 11.4. The second-order valence-electron chi connectivity index (χ2n) is 7.61. The number of nitrogens with zero attached hydrogens (tertiary/aromatic N) is 3. The van der Waals surface area contributed by atoms with Crippen LogP contribution >= 0.6 is 0 Å². The van der Waals surface area contributed by atoms with Gasteiger partial charge in [-0.15, -0.1) is 0 Å². The standard InChI is InChI=1S/C22H26N4O6.C2H6/c1-13-24-17(18-8-20(32-26-18)21-12-30-16(10-27)11-31-21)7-19(25-13)22(28)23-9-14-3-5-15(29-2)6-4-14;1-2/h3-7,16,20-21,27H,8-12H2,1-2H3,(H,23,28);1-2H3/t16-,20?,21?;/m0./s1. The highest BCUT2D eigenvalue weighted by Gasteiger charge is 2.35. The maximum absolute atomic E-state index is 12.7. The van der Waals surface area contributed by atoms with E-state index in [-0.39, 0.29) is 36.5 Å². The minimum Gasteiger partial charge on any atom is -0.497 e. The molecule has 0 radical (unpaired) electrons. The fraction of sp³-hybridized carbons (Fsp3) is 0.500. The molecule has 0 spiro atoms. The van der Waals surface area contributed by atoms with Crippen LogP contribution in [0, 0.1) is 6.92 Å². The Morgan fingerprint density at radius 1 is 1.15 bits per heavy atom. The average Bonchev–Trinajstić information content (AvgIpc) is 3.39. The maximum Gasteiger partial charge on any atom is 0.270 e. The summed E-state index contributed by atoms with van der Waals surface area (Å²) in [7, 11) is 1.61. The molecule has 1 amide bonds. The van der Waals surface area contributed by atoms with Gasteiger partial charge in [-0.05, 0) is 30.7 Å². The summed E-state index contributed by atoms with van der Waals surface area (Å²) in [5.41, 5.74) is 2.37. The SMILES string of the molecule is CC.COc1ccc(CNC(=O)c2cc(C3=NOC(C4CO[C@@H](CO)CO4)C3)nc(C)n2)cc1. The van der Waals surface area contributed by atoms with E-state index in [2.05, 4.69) is 20.4 Å². The van der Waals surface area contributed by atoms with Crippen LogP contribution in [-0.4, -0.2) is 71.9 Å². The van der Waals surface area contributed by atoms with Crippen LogP contribution in [0.15, 0.2) is 35.5 Å². The number of carbonyl (C=O) groups excluding carboxylic acids is 1. The highest BCUT2D eigenvalue weighted by molar-refractivity contribution is 6.02. The summed E-state index contributed by atoms with van der Waals surface area (Å²) in [5.74, 6) is 0.918. The van der Waals surface area contributed by atoms with Gasteiger partial charge in [0.25, 0.3) is 5.91 Å². The highest BCUT2D eigenvalue weighted by atomic mass is 16.7. The van der Waals surface area contributed by atoms with Crippen LogP contribution < -0.4 is 10.1 Å². The lowest BCUT2D eigenvalue weighted by Gasteiger charge is -2.30. The molecule has 34 heavy (non-hydrogen) atoms. The fourth-order valence-corrected chi connectivity index (χ4v) is 3.47. The van der Waals surface area contributed by atoms with Crippen molar-refractivity contribution in [1.82, 2.24) is 15.3 Å². The minimum absolute atomic E-state index is 0.0798. The summed E-state index contributed by atoms with van der Waals surface area (Å²) >= 11 is 0. The zero-order valence-electron chi connectivity index (χ0n) is 20.0. The predicted molar refractivity (Wildman–Crippen MR) is 125 cm³/mol. The van der Waals surface area contributed by atoms with Gasteiger partial charge in [-0.3, -0.25) is 4.79 Å². The lowest BCUT2D eigenvalue weighted by Crippen LogP contribution is -2.43. The van der Waals surface area contributed by atoms with Crippen LogP contribution in [0.5, 0.6) is 5.75 Å². The molecule has 2 unspecified atom stereocenters. The van der Waals surface area contributed by atoms with Crippen LogP contribution in [0.2, 0.25) is 0 Å². The summed E-state index contributed by atoms with van der Waals surface area (Å²) in [4.78, 5) is 26.9. The van der Waals surface area contributed by atoms with Crippen molar-refractivity contribution in [1.29, 1.82) is 0 Å². The predicted octanol–water partition coefficient (Wildman–Crippen LogP) is 2.02. The lowest BCUT2D eigenvalue weighted by atomic mass is 10.0. The number of aromatic nitrogens is 2. The summed E-state index contributed by atoms with van der Waals surface area (Å²) in [5, 5.41) is 16.2. The molecule has 0 saturated carbocycles. The first-order chi connectivity index (χ1) is 16.6. The second-order valence-corrected chi connectivity index (χ2v) is 7.61. The maximum atomic E-state index is 12.7. The van der Waals surface area contributed by atoms with Crippen molar-refractivity contribution in [3.8, 4) is 5.75 Å². The van der Waals surface area contributed by atoms with Gasteiger partial charge in [0.05, 0.1) is 32.6 Å². The molecule has 1 saturated heterocycles. The summed E-state index contributed by atoms with van der Waals surface area (Å²) < 4.78 is 16.4. The van der Waals surface area contributed by atoms with E-state index in [1.165, 1.54) is 0 Å². The molecule has 4 rings (SSSR count). The van der Waals surface area contributed by atoms with Crippen LogP contribution in [0.25, 0.3) is 0 Å². The summed E-state index contributed by atoms with van der Waals surface area (Å²) in [6.07, 6.45) is -0.431.